The molecule has 0 saturated heterocycles. The minimum Gasteiger partial charge on any atom is -0.383 e. The van der Waals surface area contributed by atoms with E-state index in [9.17, 15) is 10.1 Å². The summed E-state index contributed by atoms with van der Waals surface area (Å²) in [5, 5.41) is 11.0. The number of nitro groups is 1. The third-order valence-electron chi connectivity index (χ3n) is 2.89. The molecule has 0 radical (unpaired) electrons. The Kier molecular flexibility index (Phi) is 5.36. The molecule has 0 aliphatic rings. The van der Waals surface area contributed by atoms with E-state index in [1.54, 1.807) is 18.2 Å². The summed E-state index contributed by atoms with van der Waals surface area (Å²) in [6.07, 6.45) is 3.58. The Morgan fingerprint density at radius 3 is 2.37 bits per heavy atom. The Balaban J connectivity index is 3.21. The summed E-state index contributed by atoms with van der Waals surface area (Å²) in [5.41, 5.74) is 1.77. The van der Waals surface area contributed by atoms with Crippen LogP contribution in [-0.2, 0) is 0 Å². The SMILES string of the molecule is CCN(CC)c1ccc([N+](=O)[O-])c(C=CN(C)C)c1. The van der Waals surface area contributed by atoms with E-state index < -0.39 is 0 Å². The van der Waals surface area contributed by atoms with Crippen LogP contribution in [-0.4, -0.2) is 37.0 Å². The average molecular weight is 263 g/mol. The van der Waals surface area contributed by atoms with E-state index in [1.807, 2.05) is 31.3 Å². The third-order valence-corrected chi connectivity index (χ3v) is 2.89. The summed E-state index contributed by atoms with van der Waals surface area (Å²) in [6, 6.07) is 5.24. The molecule has 0 aliphatic heterocycles. The molecule has 104 valence electrons. The number of nitrogens with zero attached hydrogens (tertiary/aromatic N) is 3. The van der Waals surface area contributed by atoms with Crippen molar-refractivity contribution in [1.82, 2.24) is 4.90 Å². The van der Waals surface area contributed by atoms with Gasteiger partial charge in [-0.1, -0.05) is 0 Å². The van der Waals surface area contributed by atoms with E-state index in [0.29, 0.717) is 5.56 Å². The molecular formula is C14H21N3O2. The first-order valence-electron chi connectivity index (χ1n) is 6.37. The van der Waals surface area contributed by atoms with E-state index in [1.165, 1.54) is 0 Å². The lowest BCUT2D eigenvalue weighted by molar-refractivity contribution is -0.385. The minimum absolute atomic E-state index is 0.133. The quantitative estimate of drug-likeness (QED) is 0.585. The van der Waals surface area contributed by atoms with Crippen molar-refractivity contribution in [2.24, 2.45) is 0 Å². The van der Waals surface area contributed by atoms with Crippen molar-refractivity contribution in [2.45, 2.75) is 13.8 Å². The van der Waals surface area contributed by atoms with Crippen LogP contribution in [0.1, 0.15) is 19.4 Å². The zero-order chi connectivity index (χ0) is 14.4. The molecule has 0 saturated carbocycles. The van der Waals surface area contributed by atoms with Crippen LogP contribution in [0.2, 0.25) is 0 Å². The molecular weight excluding hydrogens is 242 g/mol. The van der Waals surface area contributed by atoms with Crippen LogP contribution in [0.15, 0.2) is 24.4 Å². The van der Waals surface area contributed by atoms with Crippen molar-refractivity contribution in [1.29, 1.82) is 0 Å². The summed E-state index contributed by atoms with van der Waals surface area (Å²) >= 11 is 0. The lowest BCUT2D eigenvalue weighted by Gasteiger charge is -2.21. The first-order chi connectivity index (χ1) is 8.99. The monoisotopic (exact) mass is 263 g/mol. The Labute approximate surface area is 114 Å². The highest BCUT2D eigenvalue weighted by Gasteiger charge is 2.13. The second-order valence-corrected chi connectivity index (χ2v) is 4.45. The molecule has 0 fully saturated rings. The fraction of sp³-hybridized carbons (Fsp3) is 0.429. The molecule has 5 heteroatoms. The van der Waals surface area contributed by atoms with Gasteiger partial charge in [-0.2, -0.15) is 0 Å². The molecule has 0 N–H and O–H groups in total. The fourth-order valence-electron chi connectivity index (χ4n) is 1.86. The number of nitro benzene ring substituents is 1. The van der Waals surface area contributed by atoms with Gasteiger partial charge in [0.2, 0.25) is 0 Å². The maximum Gasteiger partial charge on any atom is 0.276 e. The molecule has 19 heavy (non-hydrogen) atoms. The highest BCUT2D eigenvalue weighted by atomic mass is 16.6. The molecule has 0 aromatic heterocycles. The van der Waals surface area contributed by atoms with Crippen LogP contribution in [0.4, 0.5) is 11.4 Å². The van der Waals surface area contributed by atoms with E-state index >= 15 is 0 Å². The number of rotatable bonds is 6. The Morgan fingerprint density at radius 2 is 1.89 bits per heavy atom. The van der Waals surface area contributed by atoms with Gasteiger partial charge in [0, 0.05) is 38.9 Å². The molecule has 0 bridgehead atoms. The topological polar surface area (TPSA) is 49.6 Å². The van der Waals surface area contributed by atoms with Crippen molar-refractivity contribution in [3.8, 4) is 0 Å². The van der Waals surface area contributed by atoms with E-state index in [-0.39, 0.29) is 10.6 Å². The van der Waals surface area contributed by atoms with Crippen LogP contribution in [0.5, 0.6) is 0 Å². The maximum atomic E-state index is 11.0. The zero-order valence-electron chi connectivity index (χ0n) is 12.0. The molecule has 0 aliphatic carbocycles. The Hall–Kier alpha value is -2.04. The summed E-state index contributed by atoms with van der Waals surface area (Å²) < 4.78 is 0. The predicted octanol–water partition coefficient (Wildman–Crippen LogP) is 2.97. The molecule has 0 heterocycles. The van der Waals surface area contributed by atoms with Gasteiger partial charge in [-0.15, -0.1) is 0 Å². The normalized spacial score (nSPS) is 10.7. The number of benzene rings is 1. The second kappa shape index (κ2) is 6.78. The summed E-state index contributed by atoms with van der Waals surface area (Å²) in [7, 11) is 3.77. The molecule has 0 unspecified atom stereocenters. The van der Waals surface area contributed by atoms with Crippen molar-refractivity contribution < 1.29 is 4.92 Å². The van der Waals surface area contributed by atoms with Crippen molar-refractivity contribution >= 4 is 17.5 Å². The summed E-state index contributed by atoms with van der Waals surface area (Å²) in [5.74, 6) is 0. The Bertz CT molecular complexity index is 466. The number of hydrogen-bond acceptors (Lipinski definition) is 4. The van der Waals surface area contributed by atoms with Gasteiger partial charge in [-0.05, 0) is 38.3 Å². The molecule has 0 atom stereocenters. The molecule has 0 amide bonds. The van der Waals surface area contributed by atoms with Crippen LogP contribution in [0, 0.1) is 10.1 Å². The van der Waals surface area contributed by atoms with Gasteiger partial charge >= 0.3 is 0 Å². The first kappa shape index (κ1) is 15.0. The number of hydrogen-bond donors (Lipinski definition) is 0. The van der Waals surface area contributed by atoms with Gasteiger partial charge in [0.05, 0.1) is 10.5 Å². The second-order valence-electron chi connectivity index (χ2n) is 4.45. The van der Waals surface area contributed by atoms with Gasteiger partial charge in [-0.25, -0.2) is 0 Å². The van der Waals surface area contributed by atoms with Gasteiger partial charge in [0.25, 0.3) is 5.69 Å². The van der Waals surface area contributed by atoms with Gasteiger partial charge in [-0.3, -0.25) is 10.1 Å². The molecule has 1 rings (SSSR count). The lowest BCUT2D eigenvalue weighted by Crippen LogP contribution is -2.21. The third kappa shape index (κ3) is 3.98. The number of anilines is 1. The Morgan fingerprint density at radius 1 is 1.26 bits per heavy atom. The van der Waals surface area contributed by atoms with E-state index in [2.05, 4.69) is 18.7 Å². The van der Waals surface area contributed by atoms with Crippen molar-refractivity contribution in [3.63, 3.8) is 0 Å². The molecule has 0 spiro atoms. The van der Waals surface area contributed by atoms with Gasteiger partial charge in [0.1, 0.15) is 0 Å². The average Bonchev–Trinajstić information content (AvgIpc) is 2.37. The van der Waals surface area contributed by atoms with Gasteiger partial charge < -0.3 is 9.80 Å². The standard InChI is InChI=1S/C14H21N3O2/c1-5-16(6-2)13-7-8-14(17(18)19)12(11-13)9-10-15(3)4/h7-11H,5-6H2,1-4H3. The minimum atomic E-state index is -0.346. The largest absolute Gasteiger partial charge is 0.383 e. The van der Waals surface area contributed by atoms with Crippen molar-refractivity contribution in [3.05, 3.63) is 40.1 Å². The fourth-order valence-corrected chi connectivity index (χ4v) is 1.86. The highest BCUT2D eigenvalue weighted by molar-refractivity contribution is 5.67. The highest BCUT2D eigenvalue weighted by Crippen LogP contribution is 2.26. The van der Waals surface area contributed by atoms with Crippen LogP contribution in [0.3, 0.4) is 0 Å². The zero-order valence-corrected chi connectivity index (χ0v) is 12.0. The molecule has 1 aromatic rings. The van der Waals surface area contributed by atoms with E-state index in [4.69, 9.17) is 0 Å². The van der Waals surface area contributed by atoms with Crippen LogP contribution < -0.4 is 4.90 Å². The maximum absolute atomic E-state index is 11.0. The van der Waals surface area contributed by atoms with E-state index in [0.717, 1.165) is 18.8 Å². The van der Waals surface area contributed by atoms with Crippen molar-refractivity contribution in [2.75, 3.05) is 32.1 Å². The summed E-state index contributed by atoms with van der Waals surface area (Å²) in [4.78, 5) is 14.7. The van der Waals surface area contributed by atoms with Crippen LogP contribution >= 0.6 is 0 Å². The summed E-state index contributed by atoms with van der Waals surface area (Å²) in [6.45, 7) is 5.90. The molecule has 1 aromatic carbocycles. The van der Waals surface area contributed by atoms with Gasteiger partial charge in [0.15, 0.2) is 0 Å². The predicted molar refractivity (Wildman–Crippen MR) is 79.4 cm³/mol. The van der Waals surface area contributed by atoms with Crippen LogP contribution in [0.25, 0.3) is 6.08 Å². The lowest BCUT2D eigenvalue weighted by atomic mass is 10.1. The first-order valence-corrected chi connectivity index (χ1v) is 6.37. The molecule has 5 nitrogen and oxygen atoms in total. The smallest absolute Gasteiger partial charge is 0.276 e.